The number of nitrogens with one attached hydrogen (secondary N) is 1. The summed E-state index contributed by atoms with van der Waals surface area (Å²) < 4.78 is 10.5. The van der Waals surface area contributed by atoms with Gasteiger partial charge in [0.25, 0.3) is 5.91 Å². The molecule has 5 heteroatoms. The van der Waals surface area contributed by atoms with Gasteiger partial charge in [0.1, 0.15) is 11.6 Å². The van der Waals surface area contributed by atoms with Crippen molar-refractivity contribution in [1.82, 2.24) is 5.32 Å². The minimum atomic E-state index is -0.334. The van der Waals surface area contributed by atoms with Gasteiger partial charge in [-0.05, 0) is 25.0 Å². The Morgan fingerprint density at radius 3 is 2.64 bits per heavy atom. The minimum absolute atomic E-state index is 0.0680. The molecule has 0 aliphatic heterocycles. The van der Waals surface area contributed by atoms with Crippen molar-refractivity contribution in [3.8, 4) is 17.6 Å². The molecular formula is C17H20N2O3. The van der Waals surface area contributed by atoms with Crippen LogP contribution in [0.4, 0.5) is 0 Å². The molecule has 22 heavy (non-hydrogen) atoms. The highest BCUT2D eigenvalue weighted by molar-refractivity contribution is 6.02. The highest BCUT2D eigenvalue weighted by atomic mass is 16.5. The first kappa shape index (κ1) is 15.9. The number of nitrogens with zero attached hydrogens (tertiary/aromatic N) is 1. The molecule has 0 unspecified atom stereocenters. The van der Waals surface area contributed by atoms with Gasteiger partial charge in [0.05, 0.1) is 14.2 Å². The van der Waals surface area contributed by atoms with Crippen molar-refractivity contribution in [3.63, 3.8) is 0 Å². The van der Waals surface area contributed by atoms with Crippen molar-refractivity contribution in [2.45, 2.75) is 31.7 Å². The maximum absolute atomic E-state index is 12.2. The third-order valence-electron chi connectivity index (χ3n) is 3.79. The Bertz CT molecular complexity index is 611. The maximum atomic E-state index is 12.2. The third-order valence-corrected chi connectivity index (χ3v) is 3.79. The zero-order chi connectivity index (χ0) is 15.9. The van der Waals surface area contributed by atoms with Crippen molar-refractivity contribution in [2.24, 2.45) is 0 Å². The smallest absolute Gasteiger partial charge is 0.262 e. The predicted molar refractivity (Wildman–Crippen MR) is 83.5 cm³/mol. The van der Waals surface area contributed by atoms with Gasteiger partial charge in [-0.15, -0.1) is 0 Å². The van der Waals surface area contributed by atoms with Crippen molar-refractivity contribution in [3.05, 3.63) is 29.3 Å². The molecule has 0 aromatic heterocycles. The summed E-state index contributed by atoms with van der Waals surface area (Å²) in [5.41, 5.74) is 0.707. The number of ether oxygens (including phenoxy) is 2. The van der Waals surface area contributed by atoms with Crippen LogP contribution in [0.15, 0.2) is 23.8 Å². The van der Waals surface area contributed by atoms with Crippen LogP contribution in [0.2, 0.25) is 0 Å². The molecule has 2 rings (SSSR count). The van der Waals surface area contributed by atoms with E-state index >= 15 is 0 Å². The van der Waals surface area contributed by atoms with E-state index in [1.165, 1.54) is 13.2 Å². The Balaban J connectivity index is 2.25. The molecule has 1 N–H and O–H groups in total. The normalized spacial score (nSPS) is 15.2. The number of hydrogen-bond donors (Lipinski definition) is 1. The molecular weight excluding hydrogens is 280 g/mol. The monoisotopic (exact) mass is 300 g/mol. The maximum Gasteiger partial charge on any atom is 0.262 e. The molecule has 0 atom stereocenters. The van der Waals surface area contributed by atoms with Crippen LogP contribution in [0.3, 0.4) is 0 Å². The number of hydrogen-bond acceptors (Lipinski definition) is 4. The lowest BCUT2D eigenvalue weighted by Gasteiger charge is -2.12. The summed E-state index contributed by atoms with van der Waals surface area (Å²) in [5, 5.41) is 12.2. The van der Waals surface area contributed by atoms with E-state index in [1.54, 1.807) is 25.3 Å². The minimum Gasteiger partial charge on any atom is -0.493 e. The third kappa shape index (κ3) is 3.59. The first-order valence-electron chi connectivity index (χ1n) is 7.33. The fourth-order valence-electron chi connectivity index (χ4n) is 2.66. The van der Waals surface area contributed by atoms with Gasteiger partial charge >= 0.3 is 0 Å². The Labute approximate surface area is 130 Å². The van der Waals surface area contributed by atoms with E-state index in [0.29, 0.717) is 17.1 Å². The number of rotatable bonds is 5. The quantitative estimate of drug-likeness (QED) is 0.670. The number of nitriles is 1. The summed E-state index contributed by atoms with van der Waals surface area (Å²) in [7, 11) is 3.07. The Morgan fingerprint density at radius 2 is 2.05 bits per heavy atom. The van der Waals surface area contributed by atoms with Gasteiger partial charge < -0.3 is 14.8 Å². The van der Waals surface area contributed by atoms with E-state index in [2.05, 4.69) is 5.32 Å². The molecule has 1 aliphatic rings. The van der Waals surface area contributed by atoms with Crippen LogP contribution in [0.25, 0.3) is 6.08 Å². The van der Waals surface area contributed by atoms with Gasteiger partial charge in [-0.2, -0.15) is 5.26 Å². The van der Waals surface area contributed by atoms with Gasteiger partial charge in [-0.3, -0.25) is 4.79 Å². The zero-order valence-corrected chi connectivity index (χ0v) is 12.9. The van der Waals surface area contributed by atoms with Gasteiger partial charge in [-0.1, -0.05) is 25.0 Å². The van der Waals surface area contributed by atoms with Crippen LogP contribution in [-0.4, -0.2) is 26.2 Å². The van der Waals surface area contributed by atoms with Gasteiger partial charge in [0.2, 0.25) is 0 Å². The highest BCUT2D eigenvalue weighted by Gasteiger charge is 2.20. The molecule has 5 nitrogen and oxygen atoms in total. The number of para-hydroxylation sites is 1. The summed E-state index contributed by atoms with van der Waals surface area (Å²) >= 11 is 0. The fraction of sp³-hybridized carbons (Fsp3) is 0.412. The molecule has 116 valence electrons. The standard InChI is InChI=1S/C17H20N2O3/c1-21-15-9-5-6-12(16(15)22-2)10-13(11-18)17(20)19-14-7-3-4-8-14/h5-6,9-10,14H,3-4,7-8H2,1-2H3,(H,19,20). The number of carbonyl (C=O) groups excluding carboxylic acids is 1. The summed E-state index contributed by atoms with van der Waals surface area (Å²) in [6, 6.07) is 7.48. The molecule has 0 spiro atoms. The molecule has 1 aliphatic carbocycles. The summed E-state index contributed by atoms with van der Waals surface area (Å²) in [6.07, 6.45) is 5.74. The lowest BCUT2D eigenvalue weighted by Crippen LogP contribution is -2.33. The number of benzene rings is 1. The van der Waals surface area contributed by atoms with Crippen molar-refractivity contribution in [1.29, 1.82) is 5.26 Å². The summed E-state index contributed by atoms with van der Waals surface area (Å²) in [5.74, 6) is 0.732. The SMILES string of the molecule is COc1cccc(C=C(C#N)C(=O)NC2CCCC2)c1OC. The second kappa shape index (κ2) is 7.51. The van der Waals surface area contributed by atoms with E-state index in [-0.39, 0.29) is 17.5 Å². The Kier molecular flexibility index (Phi) is 5.42. The molecule has 1 saturated carbocycles. The van der Waals surface area contributed by atoms with E-state index in [4.69, 9.17) is 9.47 Å². The van der Waals surface area contributed by atoms with Crippen LogP contribution in [0.1, 0.15) is 31.2 Å². The van der Waals surface area contributed by atoms with Crippen molar-refractivity contribution >= 4 is 12.0 Å². The molecule has 0 saturated heterocycles. The van der Waals surface area contributed by atoms with E-state index in [0.717, 1.165) is 25.7 Å². The second-order valence-electron chi connectivity index (χ2n) is 5.21. The number of methoxy groups -OCH3 is 2. The van der Waals surface area contributed by atoms with E-state index in [9.17, 15) is 10.1 Å². The van der Waals surface area contributed by atoms with Crippen LogP contribution < -0.4 is 14.8 Å². The van der Waals surface area contributed by atoms with E-state index < -0.39 is 0 Å². The highest BCUT2D eigenvalue weighted by Crippen LogP contribution is 2.32. The molecule has 1 aromatic rings. The molecule has 1 fully saturated rings. The summed E-state index contributed by atoms with van der Waals surface area (Å²) in [4.78, 5) is 12.2. The predicted octanol–water partition coefficient (Wildman–Crippen LogP) is 2.67. The lowest BCUT2D eigenvalue weighted by molar-refractivity contribution is -0.117. The molecule has 0 heterocycles. The largest absolute Gasteiger partial charge is 0.493 e. The molecule has 0 bridgehead atoms. The summed E-state index contributed by atoms with van der Waals surface area (Å²) in [6.45, 7) is 0. The van der Waals surface area contributed by atoms with Crippen LogP contribution in [0, 0.1) is 11.3 Å². The first-order chi connectivity index (χ1) is 10.7. The second-order valence-corrected chi connectivity index (χ2v) is 5.21. The lowest BCUT2D eigenvalue weighted by atomic mass is 10.1. The molecule has 1 aromatic carbocycles. The first-order valence-corrected chi connectivity index (χ1v) is 7.33. The van der Waals surface area contributed by atoms with Gasteiger partial charge in [-0.25, -0.2) is 0 Å². The fourth-order valence-corrected chi connectivity index (χ4v) is 2.66. The molecule has 0 radical (unpaired) electrons. The Hall–Kier alpha value is -2.48. The topological polar surface area (TPSA) is 71.3 Å². The van der Waals surface area contributed by atoms with Crippen molar-refractivity contribution in [2.75, 3.05) is 14.2 Å². The Morgan fingerprint density at radius 1 is 1.32 bits per heavy atom. The van der Waals surface area contributed by atoms with Gasteiger partial charge in [0, 0.05) is 11.6 Å². The van der Waals surface area contributed by atoms with Crippen LogP contribution in [0.5, 0.6) is 11.5 Å². The van der Waals surface area contributed by atoms with E-state index in [1.807, 2.05) is 6.07 Å². The van der Waals surface area contributed by atoms with Crippen LogP contribution >= 0.6 is 0 Å². The average molecular weight is 300 g/mol. The molecule has 1 amide bonds. The van der Waals surface area contributed by atoms with Gasteiger partial charge in [0.15, 0.2) is 11.5 Å². The van der Waals surface area contributed by atoms with Crippen LogP contribution in [-0.2, 0) is 4.79 Å². The zero-order valence-electron chi connectivity index (χ0n) is 12.9. The average Bonchev–Trinajstić information content (AvgIpc) is 3.04. The van der Waals surface area contributed by atoms with Crippen molar-refractivity contribution < 1.29 is 14.3 Å². The number of amides is 1. The number of carbonyl (C=O) groups is 1.